The molecule has 2 aliphatic heterocycles. The Kier molecular flexibility index (Phi) is 7.13. The van der Waals surface area contributed by atoms with Gasteiger partial charge in [0, 0.05) is 26.1 Å². The summed E-state index contributed by atoms with van der Waals surface area (Å²) in [5.41, 5.74) is 0. The third-order valence-electron chi connectivity index (χ3n) is 4.62. The number of aromatic nitrogens is 2. The van der Waals surface area contributed by atoms with E-state index in [1.165, 1.54) is 23.5 Å². The predicted octanol–water partition coefficient (Wildman–Crippen LogP) is 2.28. The van der Waals surface area contributed by atoms with Gasteiger partial charge in [0.15, 0.2) is 0 Å². The second-order valence-corrected chi connectivity index (χ2v) is 8.78. The highest BCUT2D eigenvalue weighted by Gasteiger charge is 2.34. The van der Waals surface area contributed by atoms with Crippen molar-refractivity contribution in [3.05, 3.63) is 0 Å². The summed E-state index contributed by atoms with van der Waals surface area (Å²) in [4.78, 5) is 28.2. The maximum atomic E-state index is 12.6. The molecule has 0 spiro atoms. The molecule has 0 saturated carbocycles. The number of carbonyl (C=O) groups excluding carboxylic acids is 2. The Bertz CT molecular complexity index is 624. The minimum Gasteiger partial charge on any atom is -0.354 e. The van der Waals surface area contributed by atoms with Crippen LogP contribution in [0.5, 0.6) is 0 Å². The van der Waals surface area contributed by atoms with Gasteiger partial charge in [-0.3, -0.25) is 14.5 Å². The lowest BCUT2D eigenvalue weighted by molar-refractivity contribution is -0.122. The average molecular weight is 398 g/mol. The number of hydrogen-bond acceptors (Lipinski definition) is 7. The first-order valence-electron chi connectivity index (χ1n) is 9.46. The van der Waals surface area contributed by atoms with Gasteiger partial charge < -0.3 is 10.2 Å². The van der Waals surface area contributed by atoms with Crippen molar-refractivity contribution < 1.29 is 9.59 Å². The molecule has 2 saturated heterocycles. The first-order valence-corrected chi connectivity index (χ1v) is 11.4. The molecule has 2 amide bonds. The molecule has 26 heavy (non-hydrogen) atoms. The Morgan fingerprint density at radius 2 is 2.12 bits per heavy atom. The van der Waals surface area contributed by atoms with Crippen LogP contribution in [0.1, 0.15) is 45.4 Å². The van der Waals surface area contributed by atoms with Crippen molar-refractivity contribution in [2.75, 3.05) is 40.9 Å². The van der Waals surface area contributed by atoms with Crippen LogP contribution in [-0.2, 0) is 9.59 Å². The normalized spacial score (nSPS) is 20.2. The van der Waals surface area contributed by atoms with Gasteiger partial charge in [0.1, 0.15) is 6.04 Å². The molecule has 1 atom stereocenters. The van der Waals surface area contributed by atoms with Gasteiger partial charge in [-0.2, -0.15) is 11.8 Å². The predicted molar refractivity (Wildman–Crippen MR) is 107 cm³/mol. The second kappa shape index (κ2) is 9.55. The van der Waals surface area contributed by atoms with Crippen LogP contribution in [-0.4, -0.2) is 59.2 Å². The molecule has 3 heterocycles. The molecule has 2 aliphatic rings. The molecule has 1 aromatic rings. The van der Waals surface area contributed by atoms with Crippen LogP contribution in [0.15, 0.2) is 0 Å². The number of amides is 2. The van der Waals surface area contributed by atoms with E-state index in [1.54, 1.807) is 4.90 Å². The number of rotatable bonds is 9. The van der Waals surface area contributed by atoms with Gasteiger partial charge in [0.05, 0.1) is 0 Å². The largest absolute Gasteiger partial charge is 0.354 e. The molecule has 1 unspecified atom stereocenters. The summed E-state index contributed by atoms with van der Waals surface area (Å²) in [6.07, 6.45) is 5.47. The van der Waals surface area contributed by atoms with Crippen molar-refractivity contribution in [1.29, 1.82) is 0 Å². The summed E-state index contributed by atoms with van der Waals surface area (Å²) in [7, 11) is 0. The molecule has 144 valence electrons. The minimum absolute atomic E-state index is 0.0805. The zero-order valence-electron chi connectivity index (χ0n) is 15.3. The van der Waals surface area contributed by atoms with Crippen molar-refractivity contribution >= 4 is 45.2 Å². The number of nitrogens with one attached hydrogen (secondary N) is 1. The number of anilines is 2. The zero-order valence-corrected chi connectivity index (χ0v) is 16.9. The average Bonchev–Trinajstić information content (AvgIpc) is 3.36. The quantitative estimate of drug-likeness (QED) is 0.644. The van der Waals surface area contributed by atoms with Gasteiger partial charge in [-0.15, -0.1) is 10.2 Å². The topological polar surface area (TPSA) is 78.4 Å². The molecule has 0 aromatic carbocycles. The fraction of sp³-hybridized carbons (Fsp3) is 0.765. The van der Waals surface area contributed by atoms with Crippen LogP contribution in [0.4, 0.5) is 10.3 Å². The fourth-order valence-corrected chi connectivity index (χ4v) is 5.11. The van der Waals surface area contributed by atoms with Gasteiger partial charge in [0.2, 0.25) is 22.1 Å². The molecular formula is C17H27N5O2S2. The lowest BCUT2D eigenvalue weighted by Gasteiger charge is -2.22. The van der Waals surface area contributed by atoms with Crippen molar-refractivity contribution in [3.63, 3.8) is 0 Å². The highest BCUT2D eigenvalue weighted by atomic mass is 32.2. The van der Waals surface area contributed by atoms with Gasteiger partial charge >= 0.3 is 0 Å². The molecular weight excluding hydrogens is 370 g/mol. The van der Waals surface area contributed by atoms with E-state index in [-0.39, 0.29) is 17.9 Å². The summed E-state index contributed by atoms with van der Waals surface area (Å²) >= 11 is 3.35. The van der Waals surface area contributed by atoms with E-state index in [0.717, 1.165) is 49.7 Å². The fourth-order valence-electron chi connectivity index (χ4n) is 3.30. The van der Waals surface area contributed by atoms with Crippen LogP contribution < -0.4 is 15.1 Å². The minimum atomic E-state index is -0.173. The first-order chi connectivity index (χ1) is 12.7. The smallest absolute Gasteiger partial charge is 0.242 e. The Labute approximate surface area is 162 Å². The van der Waals surface area contributed by atoms with Gasteiger partial charge in [-0.05, 0) is 43.6 Å². The highest BCUT2D eigenvalue weighted by molar-refractivity contribution is 7.99. The molecule has 3 rings (SSSR count). The third-order valence-corrected chi connectivity index (χ3v) is 6.88. The van der Waals surface area contributed by atoms with Crippen LogP contribution in [0.25, 0.3) is 0 Å². The van der Waals surface area contributed by atoms with E-state index in [4.69, 9.17) is 0 Å². The van der Waals surface area contributed by atoms with Crippen molar-refractivity contribution in [2.45, 2.75) is 51.5 Å². The molecule has 0 radical (unpaired) electrons. The van der Waals surface area contributed by atoms with Crippen molar-refractivity contribution in [1.82, 2.24) is 15.5 Å². The van der Waals surface area contributed by atoms with E-state index in [0.29, 0.717) is 18.1 Å². The summed E-state index contributed by atoms with van der Waals surface area (Å²) in [6, 6.07) is -0.173. The number of hydrogen-bond donors (Lipinski definition) is 1. The van der Waals surface area contributed by atoms with Gasteiger partial charge in [-0.25, -0.2) is 0 Å². The third kappa shape index (κ3) is 4.68. The maximum absolute atomic E-state index is 12.6. The standard InChI is InChI=1S/C17H27N5O2S2/c1-2-11-25-12-5-8-18-15(24)13-6-3-9-21(13)16-19-20-17(26-16)22-10-4-7-14(22)23/h13H,2-12H2,1H3,(H,18,24). The molecule has 9 heteroatoms. The van der Waals surface area contributed by atoms with Crippen LogP contribution in [0.2, 0.25) is 0 Å². The van der Waals surface area contributed by atoms with Gasteiger partial charge in [0.25, 0.3) is 0 Å². The summed E-state index contributed by atoms with van der Waals surface area (Å²) < 4.78 is 0. The zero-order chi connectivity index (χ0) is 18.4. The Morgan fingerprint density at radius 1 is 1.27 bits per heavy atom. The lowest BCUT2D eigenvalue weighted by Crippen LogP contribution is -2.43. The summed E-state index contributed by atoms with van der Waals surface area (Å²) in [5, 5.41) is 12.9. The van der Waals surface area contributed by atoms with E-state index < -0.39 is 0 Å². The molecule has 1 aromatic heterocycles. The number of carbonyl (C=O) groups is 2. The van der Waals surface area contributed by atoms with E-state index in [9.17, 15) is 9.59 Å². The summed E-state index contributed by atoms with van der Waals surface area (Å²) in [5.74, 6) is 2.47. The Balaban J connectivity index is 1.52. The molecule has 1 N–H and O–H groups in total. The van der Waals surface area contributed by atoms with E-state index in [1.807, 2.05) is 16.7 Å². The van der Waals surface area contributed by atoms with E-state index >= 15 is 0 Å². The van der Waals surface area contributed by atoms with Crippen molar-refractivity contribution in [3.8, 4) is 0 Å². The number of nitrogens with zero attached hydrogens (tertiary/aromatic N) is 4. The summed E-state index contributed by atoms with van der Waals surface area (Å²) in [6.45, 7) is 4.44. The van der Waals surface area contributed by atoms with Gasteiger partial charge in [-0.1, -0.05) is 18.3 Å². The van der Waals surface area contributed by atoms with Crippen LogP contribution in [0.3, 0.4) is 0 Å². The first kappa shape index (κ1) is 19.4. The molecule has 0 bridgehead atoms. The lowest BCUT2D eigenvalue weighted by atomic mass is 10.2. The monoisotopic (exact) mass is 397 g/mol. The Hall–Kier alpha value is -1.35. The number of thioether (sulfide) groups is 1. The van der Waals surface area contributed by atoms with Crippen molar-refractivity contribution in [2.24, 2.45) is 0 Å². The molecule has 7 nitrogen and oxygen atoms in total. The Morgan fingerprint density at radius 3 is 2.88 bits per heavy atom. The SMILES string of the molecule is CCCSCCCNC(=O)C1CCCN1c1nnc(N2CCCC2=O)s1. The maximum Gasteiger partial charge on any atom is 0.242 e. The van der Waals surface area contributed by atoms with Crippen LogP contribution >= 0.6 is 23.1 Å². The van der Waals surface area contributed by atoms with E-state index in [2.05, 4.69) is 22.4 Å². The second-order valence-electron chi connectivity index (χ2n) is 6.62. The molecule has 0 aliphatic carbocycles. The molecule has 2 fully saturated rings. The highest BCUT2D eigenvalue weighted by Crippen LogP contribution is 2.33. The van der Waals surface area contributed by atoms with Crippen LogP contribution in [0, 0.1) is 0 Å².